The Bertz CT molecular complexity index is 1300. The molecular weight excluding hydrogens is 546 g/mol. The van der Waals surface area contributed by atoms with Crippen molar-refractivity contribution in [3.63, 3.8) is 0 Å². The molecule has 0 radical (unpaired) electrons. The molecule has 0 spiro atoms. The van der Waals surface area contributed by atoms with Crippen LogP contribution in [-0.4, -0.2) is 35.5 Å². The summed E-state index contributed by atoms with van der Waals surface area (Å²) in [5.74, 6) is -2.12. The number of aryl methyl sites for hydroxylation is 2. The number of rotatable bonds is 14. The van der Waals surface area contributed by atoms with Crippen LogP contribution in [0.5, 0.6) is 0 Å². The van der Waals surface area contributed by atoms with Gasteiger partial charge in [0.15, 0.2) is 5.78 Å². The van der Waals surface area contributed by atoms with Gasteiger partial charge in [0.2, 0.25) is 0 Å². The minimum Gasteiger partial charge on any atom is -0.390 e. The van der Waals surface area contributed by atoms with Gasteiger partial charge in [-0.05, 0) is 78.8 Å². The Balaban J connectivity index is 0.00000588. The first kappa shape index (κ1) is 34.1. The molecule has 3 aromatic carbocycles. The molecule has 8 heteroatoms. The maximum absolute atomic E-state index is 13.9. The highest BCUT2D eigenvalue weighted by Crippen LogP contribution is 2.18. The molecule has 1 unspecified atom stereocenters. The fourth-order valence-corrected chi connectivity index (χ4v) is 4.89. The number of carbonyl (C=O) groups excluding carboxylic acids is 2. The van der Waals surface area contributed by atoms with Crippen LogP contribution in [0.25, 0.3) is 0 Å². The Morgan fingerprint density at radius 3 is 2.22 bits per heavy atom. The molecule has 0 aliphatic heterocycles. The van der Waals surface area contributed by atoms with Crippen LogP contribution in [0, 0.1) is 24.5 Å². The van der Waals surface area contributed by atoms with Crippen molar-refractivity contribution in [3.05, 3.63) is 106 Å². The lowest BCUT2D eigenvalue weighted by atomic mass is 9.93. The van der Waals surface area contributed by atoms with Crippen molar-refractivity contribution in [2.24, 2.45) is 5.92 Å². The molecule has 3 N–H and O–H groups in total. The van der Waals surface area contributed by atoms with Crippen LogP contribution in [-0.2, 0) is 19.4 Å². The molecular formula is C33H41ClF2N2O3. The van der Waals surface area contributed by atoms with Gasteiger partial charge in [-0.25, -0.2) is 8.78 Å². The summed E-state index contributed by atoms with van der Waals surface area (Å²) in [5.41, 5.74) is 4.10. The summed E-state index contributed by atoms with van der Waals surface area (Å²) in [4.78, 5) is 26.3. The third-order valence-electron chi connectivity index (χ3n) is 7.03. The van der Waals surface area contributed by atoms with Crippen molar-refractivity contribution in [3.8, 4) is 0 Å². The smallest absolute Gasteiger partial charge is 0.251 e. The first-order valence-electron chi connectivity index (χ1n) is 14.0. The molecule has 3 atom stereocenters. The molecule has 0 aromatic heterocycles. The second-order valence-electron chi connectivity index (χ2n) is 10.6. The normalized spacial score (nSPS) is 13.1. The highest BCUT2D eigenvalue weighted by molar-refractivity contribution is 6.01. The Kier molecular flexibility index (Phi) is 13.6. The first-order valence-corrected chi connectivity index (χ1v) is 14.0. The number of hydrogen-bond acceptors (Lipinski definition) is 4. The number of benzene rings is 3. The van der Waals surface area contributed by atoms with Gasteiger partial charge in [0, 0.05) is 36.2 Å². The third-order valence-corrected chi connectivity index (χ3v) is 7.03. The van der Waals surface area contributed by atoms with E-state index in [4.69, 9.17) is 0 Å². The van der Waals surface area contributed by atoms with E-state index < -0.39 is 29.7 Å². The zero-order valence-electron chi connectivity index (χ0n) is 24.2. The molecule has 0 bridgehead atoms. The lowest BCUT2D eigenvalue weighted by Gasteiger charge is -2.25. The zero-order chi connectivity index (χ0) is 29.2. The average molecular weight is 587 g/mol. The van der Waals surface area contributed by atoms with Crippen LogP contribution in [0.3, 0.4) is 0 Å². The quantitative estimate of drug-likeness (QED) is 0.192. The Morgan fingerprint density at radius 1 is 0.902 bits per heavy atom. The summed E-state index contributed by atoms with van der Waals surface area (Å²) >= 11 is 0. The molecule has 0 saturated heterocycles. The van der Waals surface area contributed by atoms with Crippen molar-refractivity contribution in [1.29, 1.82) is 0 Å². The highest BCUT2D eigenvalue weighted by atomic mass is 35.5. The number of nitrogens with one attached hydrogen (secondary N) is 2. The van der Waals surface area contributed by atoms with Crippen LogP contribution in [0.2, 0.25) is 0 Å². The van der Waals surface area contributed by atoms with Crippen LogP contribution in [0.1, 0.15) is 76.6 Å². The van der Waals surface area contributed by atoms with E-state index in [0.717, 1.165) is 36.5 Å². The van der Waals surface area contributed by atoms with Crippen LogP contribution in [0.15, 0.2) is 60.7 Å². The molecule has 41 heavy (non-hydrogen) atoms. The highest BCUT2D eigenvalue weighted by Gasteiger charge is 2.24. The topological polar surface area (TPSA) is 78.4 Å². The number of halogens is 3. The maximum atomic E-state index is 13.9. The number of amides is 1. The van der Waals surface area contributed by atoms with E-state index in [-0.39, 0.29) is 37.1 Å². The Labute approximate surface area is 248 Å². The lowest BCUT2D eigenvalue weighted by Crippen LogP contribution is -2.48. The predicted octanol–water partition coefficient (Wildman–Crippen LogP) is 6.37. The second-order valence-corrected chi connectivity index (χ2v) is 10.6. The summed E-state index contributed by atoms with van der Waals surface area (Å²) in [7, 11) is 0. The largest absolute Gasteiger partial charge is 0.390 e. The third kappa shape index (κ3) is 10.3. The van der Waals surface area contributed by atoms with Gasteiger partial charge in [0.25, 0.3) is 5.91 Å². The molecule has 0 fully saturated rings. The van der Waals surface area contributed by atoms with E-state index in [0.29, 0.717) is 23.2 Å². The van der Waals surface area contributed by atoms with Crippen LogP contribution >= 0.6 is 12.4 Å². The summed E-state index contributed by atoms with van der Waals surface area (Å²) in [5, 5.41) is 17.2. The van der Waals surface area contributed by atoms with Crippen molar-refractivity contribution in [2.45, 2.75) is 72.1 Å². The van der Waals surface area contributed by atoms with E-state index in [9.17, 15) is 23.5 Å². The maximum Gasteiger partial charge on any atom is 0.251 e. The molecule has 5 nitrogen and oxygen atoms in total. The summed E-state index contributed by atoms with van der Waals surface area (Å²) in [6, 6.07) is 15.5. The summed E-state index contributed by atoms with van der Waals surface area (Å²) in [6.07, 6.45) is 1.51. The fourth-order valence-electron chi connectivity index (χ4n) is 4.89. The van der Waals surface area contributed by atoms with E-state index in [1.807, 2.05) is 32.9 Å². The molecule has 1 amide bonds. The van der Waals surface area contributed by atoms with Gasteiger partial charge in [0.1, 0.15) is 11.6 Å². The molecule has 3 aromatic rings. The van der Waals surface area contributed by atoms with Gasteiger partial charge in [0.05, 0.1) is 12.1 Å². The average Bonchev–Trinajstić information content (AvgIpc) is 2.91. The minimum atomic E-state index is -1.06. The van der Waals surface area contributed by atoms with Crippen molar-refractivity contribution >= 4 is 24.1 Å². The number of carbonyl (C=O) groups is 2. The predicted molar refractivity (Wildman–Crippen MR) is 162 cm³/mol. The van der Waals surface area contributed by atoms with E-state index >= 15 is 0 Å². The molecule has 0 aliphatic rings. The van der Waals surface area contributed by atoms with Crippen molar-refractivity contribution in [1.82, 2.24) is 10.6 Å². The number of aliphatic hydroxyl groups excluding tert-OH is 1. The van der Waals surface area contributed by atoms with Gasteiger partial charge < -0.3 is 15.7 Å². The van der Waals surface area contributed by atoms with Gasteiger partial charge in [-0.3, -0.25) is 9.59 Å². The summed E-state index contributed by atoms with van der Waals surface area (Å²) < 4.78 is 27.8. The SMILES string of the molecule is CCCC(C)C(=O)c1cc(C)cc(C(=O)N[C@@H](Cc2cc(F)cc(F)c2)[C@H](O)CNCc2cccc(CC)c2)c1.Cl. The lowest BCUT2D eigenvalue weighted by molar-refractivity contribution is 0.0829. The number of ketones is 1. The van der Waals surface area contributed by atoms with Gasteiger partial charge in [-0.2, -0.15) is 0 Å². The summed E-state index contributed by atoms with van der Waals surface area (Å²) in [6.45, 7) is 8.45. The molecule has 0 aliphatic carbocycles. The monoisotopic (exact) mass is 586 g/mol. The second kappa shape index (κ2) is 16.3. The fraction of sp³-hybridized carbons (Fsp3) is 0.394. The molecule has 222 valence electrons. The zero-order valence-corrected chi connectivity index (χ0v) is 25.0. The van der Waals surface area contributed by atoms with E-state index in [1.165, 1.54) is 17.7 Å². The van der Waals surface area contributed by atoms with Crippen LogP contribution < -0.4 is 10.6 Å². The number of aliphatic hydroxyl groups is 1. The van der Waals surface area contributed by atoms with Gasteiger partial charge >= 0.3 is 0 Å². The van der Waals surface area contributed by atoms with Gasteiger partial charge in [-0.1, -0.05) is 51.5 Å². The standard InChI is InChI=1S/C33H40F2N2O3.ClH/c1-5-8-22(4)32(39)26-11-21(3)12-27(17-26)33(40)37-30(16-25-14-28(34)18-29(35)15-25)31(38)20-36-19-24-10-7-9-23(6-2)13-24;/h7,9-15,17-18,22,30-31,36,38H,5-6,8,16,19-20H2,1-4H3,(H,37,40);1H/t22?,30-,31+;/m0./s1. The first-order chi connectivity index (χ1) is 19.1. The van der Waals surface area contributed by atoms with Gasteiger partial charge in [-0.15, -0.1) is 12.4 Å². The minimum absolute atomic E-state index is 0. The van der Waals surface area contributed by atoms with Crippen LogP contribution in [0.4, 0.5) is 8.78 Å². The van der Waals surface area contributed by atoms with E-state index in [1.54, 1.807) is 18.2 Å². The Hall–Kier alpha value is -3.13. The number of hydrogen-bond donors (Lipinski definition) is 3. The molecule has 0 heterocycles. The van der Waals surface area contributed by atoms with Crippen molar-refractivity contribution < 1.29 is 23.5 Å². The van der Waals surface area contributed by atoms with E-state index in [2.05, 4.69) is 29.7 Å². The van der Waals surface area contributed by atoms with Crippen molar-refractivity contribution in [2.75, 3.05) is 6.54 Å². The molecule has 0 saturated carbocycles. The number of Topliss-reactive ketones (excluding diaryl/α,β-unsaturated/α-hetero) is 1. The Morgan fingerprint density at radius 2 is 1.56 bits per heavy atom. The molecule has 3 rings (SSSR count).